The highest BCUT2D eigenvalue weighted by atomic mass is 16.2. The van der Waals surface area contributed by atoms with Gasteiger partial charge in [0, 0.05) is 25.0 Å². The number of likely N-dealkylation sites (tertiary alicyclic amines) is 1. The Balaban J connectivity index is 1.38. The van der Waals surface area contributed by atoms with Gasteiger partial charge in [0.2, 0.25) is 11.8 Å². The van der Waals surface area contributed by atoms with Crippen LogP contribution in [0.1, 0.15) is 71.1 Å². The average molecular weight is 332 g/mol. The van der Waals surface area contributed by atoms with Gasteiger partial charge in [-0.05, 0) is 75.5 Å². The maximum atomic E-state index is 13.0. The van der Waals surface area contributed by atoms with Crippen molar-refractivity contribution in [2.45, 2.75) is 76.7 Å². The van der Waals surface area contributed by atoms with Crippen LogP contribution in [0.3, 0.4) is 0 Å². The van der Waals surface area contributed by atoms with Crippen LogP contribution in [0.15, 0.2) is 0 Å². The summed E-state index contributed by atoms with van der Waals surface area (Å²) in [5, 5.41) is 3.51. The Morgan fingerprint density at radius 3 is 2.29 bits per heavy atom. The summed E-state index contributed by atoms with van der Waals surface area (Å²) in [6.07, 6.45) is 11.2. The van der Waals surface area contributed by atoms with Crippen molar-refractivity contribution < 1.29 is 9.59 Å². The molecule has 0 radical (unpaired) electrons. The summed E-state index contributed by atoms with van der Waals surface area (Å²) >= 11 is 0. The number of hydrogen-bond donors (Lipinski definition) is 1. The quantitative estimate of drug-likeness (QED) is 0.860. The molecule has 5 rings (SSSR count). The van der Waals surface area contributed by atoms with E-state index in [2.05, 4.69) is 5.32 Å². The molecule has 1 aliphatic heterocycles. The number of nitrogens with zero attached hydrogens (tertiary/aromatic N) is 1. The van der Waals surface area contributed by atoms with E-state index < -0.39 is 0 Å². The third kappa shape index (κ3) is 3.09. The summed E-state index contributed by atoms with van der Waals surface area (Å²) in [5.41, 5.74) is 0.0987. The standard InChI is InChI=1S/C20H32N2O2/c1-2-4-18(23)22-6-3-5-17(13-22)19(24)21-20-10-14-7-15(11-20)9-16(8-14)12-20/h14-17H,2-13H2,1H3,(H,21,24)/t14?,15?,16?,17-,20?/m0/s1. The minimum Gasteiger partial charge on any atom is -0.350 e. The Kier molecular flexibility index (Phi) is 4.34. The molecule has 0 aromatic heterocycles. The van der Waals surface area contributed by atoms with Crippen molar-refractivity contribution in [3.63, 3.8) is 0 Å². The van der Waals surface area contributed by atoms with Gasteiger partial charge in [-0.1, -0.05) is 6.92 Å². The van der Waals surface area contributed by atoms with E-state index in [1.807, 2.05) is 11.8 Å². The molecule has 4 saturated carbocycles. The van der Waals surface area contributed by atoms with E-state index in [1.54, 1.807) is 0 Å². The van der Waals surface area contributed by atoms with Crippen molar-refractivity contribution in [2.24, 2.45) is 23.7 Å². The second kappa shape index (κ2) is 6.34. The molecule has 4 heteroatoms. The van der Waals surface area contributed by atoms with E-state index in [9.17, 15) is 9.59 Å². The van der Waals surface area contributed by atoms with Crippen LogP contribution in [-0.4, -0.2) is 35.3 Å². The van der Waals surface area contributed by atoms with Gasteiger partial charge in [0.15, 0.2) is 0 Å². The largest absolute Gasteiger partial charge is 0.350 e. The van der Waals surface area contributed by atoms with Crippen molar-refractivity contribution in [3.8, 4) is 0 Å². The highest BCUT2D eigenvalue weighted by molar-refractivity contribution is 5.82. The number of piperidine rings is 1. The summed E-state index contributed by atoms with van der Waals surface area (Å²) in [5.74, 6) is 3.02. The lowest BCUT2D eigenvalue weighted by molar-refractivity contribution is -0.137. The third-order valence-electron chi connectivity index (χ3n) is 7.04. The van der Waals surface area contributed by atoms with Crippen LogP contribution in [0.4, 0.5) is 0 Å². The summed E-state index contributed by atoms with van der Waals surface area (Å²) in [6, 6.07) is 0. The second-order valence-electron chi connectivity index (χ2n) is 9.12. The van der Waals surface area contributed by atoms with Gasteiger partial charge >= 0.3 is 0 Å². The van der Waals surface area contributed by atoms with Crippen LogP contribution >= 0.6 is 0 Å². The maximum Gasteiger partial charge on any atom is 0.225 e. The van der Waals surface area contributed by atoms with Crippen LogP contribution in [0.5, 0.6) is 0 Å². The van der Waals surface area contributed by atoms with Crippen LogP contribution in [0.25, 0.3) is 0 Å². The molecule has 0 spiro atoms. The molecule has 0 aromatic rings. The van der Waals surface area contributed by atoms with Gasteiger partial charge in [-0.2, -0.15) is 0 Å². The summed E-state index contributed by atoms with van der Waals surface area (Å²) in [7, 11) is 0. The van der Waals surface area contributed by atoms with E-state index in [0.717, 1.165) is 43.6 Å². The lowest BCUT2D eigenvalue weighted by atomic mass is 9.53. The van der Waals surface area contributed by atoms with Crippen LogP contribution in [0, 0.1) is 23.7 Å². The van der Waals surface area contributed by atoms with Crippen molar-refractivity contribution in [2.75, 3.05) is 13.1 Å². The molecule has 24 heavy (non-hydrogen) atoms. The molecule has 0 unspecified atom stereocenters. The fourth-order valence-corrected chi connectivity index (χ4v) is 6.42. The van der Waals surface area contributed by atoms with Gasteiger partial charge in [-0.15, -0.1) is 0 Å². The van der Waals surface area contributed by atoms with Crippen molar-refractivity contribution in [1.82, 2.24) is 10.2 Å². The SMILES string of the molecule is CCCC(=O)N1CCC[C@H](C(=O)NC23CC4CC(CC(C4)C2)C3)C1. The van der Waals surface area contributed by atoms with Gasteiger partial charge in [0.25, 0.3) is 0 Å². The highest BCUT2D eigenvalue weighted by Crippen LogP contribution is 2.55. The van der Waals surface area contributed by atoms with Crippen LogP contribution in [0.2, 0.25) is 0 Å². The van der Waals surface area contributed by atoms with E-state index in [0.29, 0.717) is 13.0 Å². The number of amides is 2. The Labute approximate surface area is 145 Å². The highest BCUT2D eigenvalue weighted by Gasteiger charge is 2.51. The van der Waals surface area contributed by atoms with E-state index in [-0.39, 0.29) is 23.3 Å². The van der Waals surface area contributed by atoms with Crippen molar-refractivity contribution in [1.29, 1.82) is 0 Å². The fourth-order valence-electron chi connectivity index (χ4n) is 6.42. The molecule has 1 atom stereocenters. The number of nitrogens with one attached hydrogen (secondary N) is 1. The normalized spacial score (nSPS) is 40.6. The van der Waals surface area contributed by atoms with Gasteiger partial charge in [0.05, 0.1) is 5.92 Å². The number of rotatable bonds is 4. The Bertz CT molecular complexity index is 480. The monoisotopic (exact) mass is 332 g/mol. The number of carbonyl (C=O) groups is 2. The van der Waals surface area contributed by atoms with E-state index in [4.69, 9.17) is 0 Å². The zero-order valence-corrected chi connectivity index (χ0v) is 15.1. The zero-order valence-electron chi connectivity index (χ0n) is 15.1. The van der Waals surface area contributed by atoms with Crippen molar-refractivity contribution >= 4 is 11.8 Å². The Morgan fingerprint density at radius 2 is 1.71 bits per heavy atom. The average Bonchev–Trinajstić information content (AvgIpc) is 2.53. The smallest absolute Gasteiger partial charge is 0.225 e. The molecule has 0 aromatic carbocycles. The molecular weight excluding hydrogens is 300 g/mol. The Hall–Kier alpha value is -1.06. The molecule has 4 nitrogen and oxygen atoms in total. The van der Waals surface area contributed by atoms with Gasteiger partial charge in [-0.25, -0.2) is 0 Å². The Morgan fingerprint density at radius 1 is 1.08 bits per heavy atom. The molecule has 2 amide bonds. The summed E-state index contributed by atoms with van der Waals surface area (Å²) in [4.78, 5) is 27.1. The topological polar surface area (TPSA) is 49.4 Å². The van der Waals surface area contributed by atoms with E-state index in [1.165, 1.54) is 38.5 Å². The molecular formula is C20H32N2O2. The van der Waals surface area contributed by atoms with Gasteiger partial charge in [-0.3, -0.25) is 9.59 Å². The molecule has 5 fully saturated rings. The minimum absolute atomic E-state index is 0.00700. The first kappa shape index (κ1) is 16.4. The lowest BCUT2D eigenvalue weighted by Gasteiger charge is -2.57. The number of hydrogen-bond acceptors (Lipinski definition) is 2. The summed E-state index contributed by atoms with van der Waals surface area (Å²) < 4.78 is 0. The minimum atomic E-state index is 0.00700. The molecule has 1 heterocycles. The third-order valence-corrected chi connectivity index (χ3v) is 7.04. The molecule has 4 aliphatic carbocycles. The first-order chi connectivity index (χ1) is 11.6. The van der Waals surface area contributed by atoms with Crippen LogP contribution in [-0.2, 0) is 9.59 Å². The molecule has 1 N–H and O–H groups in total. The predicted molar refractivity (Wildman–Crippen MR) is 93.3 cm³/mol. The molecule has 134 valence electrons. The summed E-state index contributed by atoms with van der Waals surface area (Å²) in [6.45, 7) is 3.51. The lowest BCUT2D eigenvalue weighted by Crippen LogP contribution is -2.61. The van der Waals surface area contributed by atoms with Crippen LogP contribution < -0.4 is 5.32 Å². The second-order valence-corrected chi connectivity index (χ2v) is 9.12. The number of carbonyl (C=O) groups excluding carboxylic acids is 2. The fraction of sp³-hybridized carbons (Fsp3) is 0.900. The van der Waals surface area contributed by atoms with Gasteiger partial charge < -0.3 is 10.2 Å². The maximum absolute atomic E-state index is 13.0. The van der Waals surface area contributed by atoms with Crippen molar-refractivity contribution in [3.05, 3.63) is 0 Å². The zero-order chi connectivity index (χ0) is 16.7. The van der Waals surface area contributed by atoms with E-state index >= 15 is 0 Å². The van der Waals surface area contributed by atoms with Gasteiger partial charge in [0.1, 0.15) is 0 Å². The molecule has 1 saturated heterocycles. The first-order valence-corrected chi connectivity index (χ1v) is 10.2. The molecule has 5 aliphatic rings. The molecule has 4 bridgehead atoms. The predicted octanol–water partition coefficient (Wildman–Crippen LogP) is 3.11. The first-order valence-electron chi connectivity index (χ1n) is 10.2.